The minimum absolute atomic E-state index is 0.652. The van der Waals surface area contributed by atoms with Gasteiger partial charge in [0, 0.05) is 43.6 Å². The van der Waals surface area contributed by atoms with E-state index in [-0.39, 0.29) is 0 Å². The molecule has 2 aromatic heterocycles. The Morgan fingerprint density at radius 2 is 2.20 bits per heavy atom. The highest BCUT2D eigenvalue weighted by Gasteiger charge is 2.35. The number of nitrogens with one attached hydrogen (secondary N) is 1. The van der Waals surface area contributed by atoms with Crippen molar-refractivity contribution in [2.45, 2.75) is 19.0 Å². The van der Waals surface area contributed by atoms with Gasteiger partial charge in [0.1, 0.15) is 0 Å². The van der Waals surface area contributed by atoms with Gasteiger partial charge in [-0.15, -0.1) is 0 Å². The van der Waals surface area contributed by atoms with E-state index >= 15 is 0 Å². The number of fused-ring (bicyclic) bond motifs is 1. The van der Waals surface area contributed by atoms with Crippen LogP contribution in [0.25, 0.3) is 11.6 Å². The van der Waals surface area contributed by atoms with Crippen molar-refractivity contribution in [3.05, 3.63) is 36.4 Å². The molecular weight excluding hydrogens is 252 g/mol. The van der Waals surface area contributed by atoms with E-state index in [0.717, 1.165) is 24.8 Å². The molecule has 2 aliphatic rings. The van der Waals surface area contributed by atoms with Crippen molar-refractivity contribution in [3.8, 4) is 11.6 Å². The normalized spacial score (nSPS) is 26.0. The lowest BCUT2D eigenvalue weighted by atomic mass is 10.1. The van der Waals surface area contributed by atoms with Crippen LogP contribution in [0.3, 0.4) is 0 Å². The fourth-order valence-electron chi connectivity index (χ4n) is 3.30. The van der Waals surface area contributed by atoms with Crippen molar-refractivity contribution in [1.82, 2.24) is 20.2 Å². The first-order valence-corrected chi connectivity index (χ1v) is 7.19. The Morgan fingerprint density at radius 1 is 1.30 bits per heavy atom. The zero-order chi connectivity index (χ0) is 13.4. The Morgan fingerprint density at radius 3 is 2.95 bits per heavy atom. The highest BCUT2D eigenvalue weighted by Crippen LogP contribution is 2.25. The zero-order valence-electron chi connectivity index (χ0n) is 11.3. The van der Waals surface area contributed by atoms with E-state index in [1.807, 2.05) is 24.5 Å². The second-order valence-electron chi connectivity index (χ2n) is 5.70. The lowest BCUT2D eigenvalue weighted by Gasteiger charge is -2.16. The van der Waals surface area contributed by atoms with Crippen molar-refractivity contribution in [2.75, 3.05) is 19.6 Å². The molecule has 1 N–H and O–H groups in total. The van der Waals surface area contributed by atoms with Crippen molar-refractivity contribution in [1.29, 1.82) is 0 Å². The highest BCUT2D eigenvalue weighted by atomic mass is 16.3. The van der Waals surface area contributed by atoms with Crippen LogP contribution < -0.4 is 5.32 Å². The first kappa shape index (κ1) is 12.1. The Hall–Kier alpha value is -1.72. The summed E-state index contributed by atoms with van der Waals surface area (Å²) in [6, 6.07) is 4.42. The van der Waals surface area contributed by atoms with Gasteiger partial charge in [-0.2, -0.15) is 0 Å². The van der Waals surface area contributed by atoms with Crippen LogP contribution >= 0.6 is 0 Å². The average molecular weight is 270 g/mol. The molecule has 2 unspecified atom stereocenters. The summed E-state index contributed by atoms with van der Waals surface area (Å²) in [4.78, 5) is 11.3. The fourth-order valence-corrected chi connectivity index (χ4v) is 3.30. The SMILES string of the molecule is c1coc(-c2ncc(CN3CC4CCNC4C3)cn2)c1. The van der Waals surface area contributed by atoms with Crippen LogP contribution in [-0.2, 0) is 6.54 Å². The molecule has 0 bridgehead atoms. The molecule has 2 aliphatic heterocycles. The third-order valence-corrected chi connectivity index (χ3v) is 4.29. The molecule has 0 aliphatic carbocycles. The number of hydrogen-bond donors (Lipinski definition) is 1. The summed E-state index contributed by atoms with van der Waals surface area (Å²) in [5, 5.41) is 3.58. The van der Waals surface area contributed by atoms with E-state index in [1.54, 1.807) is 6.26 Å². The molecule has 5 nitrogen and oxygen atoms in total. The summed E-state index contributed by atoms with van der Waals surface area (Å²) in [6.07, 6.45) is 6.77. The second-order valence-corrected chi connectivity index (χ2v) is 5.70. The largest absolute Gasteiger partial charge is 0.461 e. The van der Waals surface area contributed by atoms with Gasteiger partial charge in [-0.05, 0) is 31.0 Å². The summed E-state index contributed by atoms with van der Waals surface area (Å²) in [5.74, 6) is 2.20. The maximum Gasteiger partial charge on any atom is 0.195 e. The summed E-state index contributed by atoms with van der Waals surface area (Å²) < 4.78 is 5.30. The first-order valence-electron chi connectivity index (χ1n) is 7.19. The van der Waals surface area contributed by atoms with Gasteiger partial charge in [0.2, 0.25) is 0 Å². The third kappa shape index (κ3) is 2.23. The Bertz CT molecular complexity index is 554. The quantitative estimate of drug-likeness (QED) is 0.916. The van der Waals surface area contributed by atoms with Crippen LogP contribution in [0.1, 0.15) is 12.0 Å². The standard InChI is InChI=1S/C15H18N4O/c1-2-14(20-5-1)15-17-6-11(7-18-15)8-19-9-12-3-4-16-13(12)10-19/h1-2,5-7,12-13,16H,3-4,8-10H2. The zero-order valence-corrected chi connectivity index (χ0v) is 11.3. The van der Waals surface area contributed by atoms with Crippen LogP contribution in [0.5, 0.6) is 0 Å². The monoisotopic (exact) mass is 270 g/mol. The molecule has 4 rings (SSSR count). The summed E-state index contributed by atoms with van der Waals surface area (Å²) in [5.41, 5.74) is 1.17. The topological polar surface area (TPSA) is 54.2 Å². The molecule has 0 aromatic carbocycles. The van der Waals surface area contributed by atoms with Crippen molar-refractivity contribution < 1.29 is 4.42 Å². The molecule has 0 radical (unpaired) electrons. The molecule has 2 aromatic rings. The average Bonchev–Trinajstić information content (AvgIpc) is 3.15. The minimum Gasteiger partial charge on any atom is -0.461 e. The van der Waals surface area contributed by atoms with Crippen LogP contribution in [0, 0.1) is 5.92 Å². The number of likely N-dealkylation sites (tertiary alicyclic amines) is 1. The van der Waals surface area contributed by atoms with E-state index in [1.165, 1.54) is 25.1 Å². The molecule has 0 spiro atoms. The number of furan rings is 1. The summed E-state index contributed by atoms with van der Waals surface area (Å²) in [7, 11) is 0. The van der Waals surface area contributed by atoms with Gasteiger partial charge in [0.25, 0.3) is 0 Å². The number of aromatic nitrogens is 2. The lowest BCUT2D eigenvalue weighted by Crippen LogP contribution is -2.29. The predicted molar refractivity (Wildman–Crippen MR) is 74.9 cm³/mol. The second kappa shape index (κ2) is 5.00. The smallest absolute Gasteiger partial charge is 0.195 e. The molecule has 0 amide bonds. The molecule has 4 heterocycles. The van der Waals surface area contributed by atoms with Gasteiger partial charge in [-0.1, -0.05) is 0 Å². The molecule has 20 heavy (non-hydrogen) atoms. The molecular formula is C15H18N4O. The first-order chi connectivity index (χ1) is 9.88. The van der Waals surface area contributed by atoms with Gasteiger partial charge in [0.15, 0.2) is 11.6 Å². The molecule has 2 fully saturated rings. The van der Waals surface area contributed by atoms with Gasteiger partial charge in [0.05, 0.1) is 6.26 Å². The van der Waals surface area contributed by atoms with Gasteiger partial charge in [-0.3, -0.25) is 4.90 Å². The van der Waals surface area contributed by atoms with Crippen LogP contribution in [-0.4, -0.2) is 40.5 Å². The van der Waals surface area contributed by atoms with Gasteiger partial charge < -0.3 is 9.73 Å². The van der Waals surface area contributed by atoms with Crippen LogP contribution in [0.4, 0.5) is 0 Å². The molecule has 5 heteroatoms. The molecule has 104 valence electrons. The minimum atomic E-state index is 0.652. The molecule has 2 atom stereocenters. The van der Waals surface area contributed by atoms with Crippen LogP contribution in [0.2, 0.25) is 0 Å². The lowest BCUT2D eigenvalue weighted by molar-refractivity contribution is 0.306. The summed E-state index contributed by atoms with van der Waals surface area (Å²) >= 11 is 0. The molecule has 2 saturated heterocycles. The van der Waals surface area contributed by atoms with E-state index in [9.17, 15) is 0 Å². The molecule has 0 saturated carbocycles. The van der Waals surface area contributed by atoms with Crippen molar-refractivity contribution in [2.24, 2.45) is 5.92 Å². The predicted octanol–water partition coefficient (Wildman–Crippen LogP) is 1.53. The van der Waals surface area contributed by atoms with Crippen molar-refractivity contribution >= 4 is 0 Å². The number of nitrogens with zero attached hydrogens (tertiary/aromatic N) is 3. The Kier molecular flexibility index (Phi) is 3.01. The maximum atomic E-state index is 5.30. The van der Waals surface area contributed by atoms with Gasteiger partial charge in [-0.25, -0.2) is 9.97 Å². The van der Waals surface area contributed by atoms with Crippen molar-refractivity contribution in [3.63, 3.8) is 0 Å². The van der Waals surface area contributed by atoms with Crippen LogP contribution in [0.15, 0.2) is 35.2 Å². The van der Waals surface area contributed by atoms with E-state index in [0.29, 0.717) is 11.9 Å². The number of rotatable bonds is 3. The Balaban J connectivity index is 1.42. The fraction of sp³-hybridized carbons (Fsp3) is 0.467. The maximum absolute atomic E-state index is 5.30. The van der Waals surface area contributed by atoms with E-state index in [4.69, 9.17) is 4.42 Å². The van der Waals surface area contributed by atoms with Gasteiger partial charge >= 0.3 is 0 Å². The number of hydrogen-bond acceptors (Lipinski definition) is 5. The summed E-state index contributed by atoms with van der Waals surface area (Å²) in [6.45, 7) is 4.46. The Labute approximate surface area is 118 Å². The van der Waals surface area contributed by atoms with E-state index < -0.39 is 0 Å². The third-order valence-electron chi connectivity index (χ3n) is 4.29. The highest BCUT2D eigenvalue weighted by molar-refractivity contribution is 5.45. The van der Waals surface area contributed by atoms with E-state index in [2.05, 4.69) is 20.2 Å².